The van der Waals surface area contributed by atoms with Crippen molar-refractivity contribution >= 4 is 44.5 Å². The highest BCUT2D eigenvalue weighted by Gasteiger charge is 2.23. The molecule has 1 heterocycles. The lowest BCUT2D eigenvalue weighted by atomic mass is 10.2. The number of imidazole rings is 1. The molecule has 2 rings (SSSR count). The van der Waals surface area contributed by atoms with E-state index < -0.39 is 23.1 Å². The van der Waals surface area contributed by atoms with Gasteiger partial charge in [-0.15, -0.1) is 11.6 Å². The molecule has 0 fully saturated rings. The second-order valence-electron chi connectivity index (χ2n) is 4.29. The number of fused-ring (bicyclic) bond motifs is 1. The van der Waals surface area contributed by atoms with E-state index in [1.807, 2.05) is 0 Å². The van der Waals surface area contributed by atoms with Crippen LogP contribution in [0.2, 0.25) is 0 Å². The molecule has 1 amide bonds. The Bertz CT molecular complexity index is 656. The zero-order chi connectivity index (χ0) is 14.3. The molecule has 0 radical (unpaired) electrons. The van der Waals surface area contributed by atoms with Crippen molar-refractivity contribution in [1.82, 2.24) is 9.55 Å². The van der Waals surface area contributed by atoms with E-state index in [0.717, 1.165) is 0 Å². The van der Waals surface area contributed by atoms with Crippen LogP contribution in [0.3, 0.4) is 0 Å². The van der Waals surface area contributed by atoms with Crippen molar-refractivity contribution < 1.29 is 9.18 Å². The van der Waals surface area contributed by atoms with Crippen molar-refractivity contribution in [3.8, 4) is 0 Å². The normalized spacial score (nSPS) is 14.6. The van der Waals surface area contributed by atoms with Crippen molar-refractivity contribution in [3.05, 3.63) is 28.2 Å². The molecule has 2 atom stereocenters. The molecule has 0 spiro atoms. The lowest BCUT2D eigenvalue weighted by molar-refractivity contribution is -0.120. The number of primary amides is 1. The van der Waals surface area contributed by atoms with Crippen LogP contribution < -0.4 is 5.73 Å². The molecule has 19 heavy (non-hydrogen) atoms. The minimum atomic E-state index is -0.651. The van der Waals surface area contributed by atoms with Crippen molar-refractivity contribution in [2.24, 2.45) is 5.73 Å². The van der Waals surface area contributed by atoms with Crippen molar-refractivity contribution in [2.75, 3.05) is 0 Å². The molecule has 2 unspecified atom stereocenters. The van der Waals surface area contributed by atoms with Crippen molar-refractivity contribution in [2.45, 2.75) is 25.3 Å². The van der Waals surface area contributed by atoms with E-state index in [0.29, 0.717) is 21.3 Å². The number of carbonyl (C=O) groups is 1. The van der Waals surface area contributed by atoms with Crippen molar-refractivity contribution in [3.63, 3.8) is 0 Å². The Morgan fingerprint density at radius 2 is 2.16 bits per heavy atom. The van der Waals surface area contributed by atoms with E-state index in [1.165, 1.54) is 6.07 Å². The second-order valence-corrected chi connectivity index (χ2v) is 5.80. The van der Waals surface area contributed by atoms with Gasteiger partial charge in [0, 0.05) is 6.07 Å². The van der Waals surface area contributed by atoms with Crippen LogP contribution >= 0.6 is 27.5 Å². The first-order valence-corrected chi connectivity index (χ1v) is 6.86. The molecule has 0 bridgehead atoms. The molecule has 4 nitrogen and oxygen atoms in total. The summed E-state index contributed by atoms with van der Waals surface area (Å²) in [6.07, 6.45) is 0. The summed E-state index contributed by atoms with van der Waals surface area (Å²) in [5, 5.41) is -0.420. The third kappa shape index (κ3) is 2.47. The maximum absolute atomic E-state index is 13.7. The highest BCUT2D eigenvalue weighted by Crippen LogP contribution is 2.30. The van der Waals surface area contributed by atoms with Gasteiger partial charge in [-0.05, 0) is 35.8 Å². The first-order valence-electron chi connectivity index (χ1n) is 5.63. The SMILES string of the molecule is CC(Cl)c1nc2cc(Br)c(F)cc2n1C(C)C(N)=O. The van der Waals surface area contributed by atoms with Gasteiger partial charge in [-0.2, -0.15) is 0 Å². The smallest absolute Gasteiger partial charge is 0.240 e. The molecule has 0 aliphatic rings. The molecule has 0 aliphatic carbocycles. The average Bonchev–Trinajstić information content (AvgIpc) is 2.67. The second kappa shape index (κ2) is 5.09. The van der Waals surface area contributed by atoms with Gasteiger partial charge in [0.05, 0.1) is 20.9 Å². The maximum Gasteiger partial charge on any atom is 0.240 e. The molecule has 0 saturated carbocycles. The number of nitrogens with two attached hydrogens (primary N) is 1. The first kappa shape index (κ1) is 14.3. The lowest BCUT2D eigenvalue weighted by Crippen LogP contribution is -2.25. The molecule has 0 aliphatic heterocycles. The summed E-state index contributed by atoms with van der Waals surface area (Å²) in [5.74, 6) is -0.472. The Morgan fingerprint density at radius 1 is 1.53 bits per heavy atom. The minimum Gasteiger partial charge on any atom is -0.368 e. The third-order valence-corrected chi connectivity index (χ3v) is 3.72. The number of rotatable bonds is 3. The van der Waals surface area contributed by atoms with E-state index in [4.69, 9.17) is 17.3 Å². The number of aromatic nitrogens is 2. The van der Waals surface area contributed by atoms with Crippen LogP contribution in [0.1, 0.15) is 31.1 Å². The Labute approximate surface area is 122 Å². The molecule has 7 heteroatoms. The van der Waals surface area contributed by atoms with E-state index in [2.05, 4.69) is 20.9 Å². The van der Waals surface area contributed by atoms with Crippen LogP contribution in [-0.2, 0) is 4.79 Å². The number of hydrogen-bond acceptors (Lipinski definition) is 2. The molecule has 0 saturated heterocycles. The minimum absolute atomic E-state index is 0.310. The van der Waals surface area contributed by atoms with Crippen LogP contribution in [0.5, 0.6) is 0 Å². The number of alkyl halides is 1. The summed E-state index contributed by atoms with van der Waals surface area (Å²) < 4.78 is 15.6. The Balaban J connectivity index is 2.80. The fraction of sp³-hybridized carbons (Fsp3) is 0.333. The van der Waals surface area contributed by atoms with E-state index >= 15 is 0 Å². The van der Waals surface area contributed by atoms with Gasteiger partial charge in [-0.3, -0.25) is 4.79 Å². The Morgan fingerprint density at radius 3 is 2.68 bits per heavy atom. The fourth-order valence-corrected chi connectivity index (χ4v) is 2.41. The average molecular weight is 349 g/mol. The van der Waals surface area contributed by atoms with E-state index in [1.54, 1.807) is 24.5 Å². The van der Waals surface area contributed by atoms with E-state index in [9.17, 15) is 9.18 Å². The van der Waals surface area contributed by atoms with Crippen LogP contribution in [0.25, 0.3) is 11.0 Å². The van der Waals surface area contributed by atoms with Crippen LogP contribution in [-0.4, -0.2) is 15.5 Å². The molecule has 2 N–H and O–H groups in total. The quantitative estimate of drug-likeness (QED) is 0.865. The number of benzene rings is 1. The molecule has 1 aromatic carbocycles. The Hall–Kier alpha value is -1.14. The number of halogens is 3. The highest BCUT2D eigenvalue weighted by molar-refractivity contribution is 9.10. The summed E-state index contributed by atoms with van der Waals surface area (Å²) in [6.45, 7) is 3.37. The number of amides is 1. The fourth-order valence-electron chi connectivity index (χ4n) is 1.92. The summed E-state index contributed by atoms with van der Waals surface area (Å²) in [7, 11) is 0. The topological polar surface area (TPSA) is 60.9 Å². The van der Waals surface area contributed by atoms with Gasteiger partial charge in [0.1, 0.15) is 17.7 Å². The van der Waals surface area contributed by atoms with Gasteiger partial charge in [-0.25, -0.2) is 9.37 Å². The van der Waals surface area contributed by atoms with Gasteiger partial charge in [0.25, 0.3) is 0 Å². The van der Waals surface area contributed by atoms with Crippen molar-refractivity contribution in [1.29, 1.82) is 0 Å². The number of carbonyl (C=O) groups excluding carboxylic acids is 1. The van der Waals surface area contributed by atoms with Gasteiger partial charge in [0.15, 0.2) is 0 Å². The lowest BCUT2D eigenvalue weighted by Gasteiger charge is -2.15. The van der Waals surface area contributed by atoms with Crippen LogP contribution in [0, 0.1) is 5.82 Å². The Kier molecular flexibility index (Phi) is 3.82. The molecule has 102 valence electrons. The first-order chi connectivity index (χ1) is 8.82. The molecule has 1 aromatic heterocycles. The van der Waals surface area contributed by atoms with Gasteiger partial charge in [-0.1, -0.05) is 0 Å². The highest BCUT2D eigenvalue weighted by atomic mass is 79.9. The van der Waals surface area contributed by atoms with Gasteiger partial charge < -0.3 is 10.3 Å². The largest absolute Gasteiger partial charge is 0.368 e. The van der Waals surface area contributed by atoms with Gasteiger partial charge in [0.2, 0.25) is 5.91 Å². The molecular weight excluding hydrogens is 337 g/mol. The molecular formula is C12H12BrClFN3O. The number of nitrogens with zero attached hydrogens (tertiary/aromatic N) is 2. The standard InChI is InChI=1S/C12H12BrClFN3O/c1-5(14)12-17-9-3-7(13)8(15)4-10(9)18(12)6(2)11(16)19/h3-6H,1-2H3,(H2,16,19). The predicted octanol–water partition coefficient (Wildman–Crippen LogP) is 3.28. The van der Waals surface area contributed by atoms with Gasteiger partial charge >= 0.3 is 0 Å². The summed E-state index contributed by atoms with van der Waals surface area (Å²) in [4.78, 5) is 15.7. The monoisotopic (exact) mass is 347 g/mol. The number of hydrogen-bond donors (Lipinski definition) is 1. The molecule has 2 aromatic rings. The van der Waals surface area contributed by atoms with Crippen LogP contribution in [0.4, 0.5) is 4.39 Å². The summed E-state index contributed by atoms with van der Waals surface area (Å²) in [6, 6.07) is 2.22. The van der Waals surface area contributed by atoms with E-state index in [-0.39, 0.29) is 0 Å². The maximum atomic E-state index is 13.7. The zero-order valence-corrected chi connectivity index (χ0v) is 12.7. The summed E-state index contributed by atoms with van der Waals surface area (Å²) >= 11 is 9.17. The zero-order valence-electron chi connectivity index (χ0n) is 10.3. The third-order valence-electron chi connectivity index (χ3n) is 2.91. The summed E-state index contributed by atoms with van der Waals surface area (Å²) in [5.41, 5.74) is 6.38. The predicted molar refractivity (Wildman–Crippen MR) is 75.6 cm³/mol. The van der Waals surface area contributed by atoms with Crippen LogP contribution in [0.15, 0.2) is 16.6 Å².